The van der Waals surface area contributed by atoms with Gasteiger partial charge in [0.25, 0.3) is 0 Å². The fraction of sp³-hybridized carbons (Fsp3) is 0.633. The molecule has 1 aromatic rings. The molecule has 0 aliphatic heterocycles. The predicted octanol–water partition coefficient (Wildman–Crippen LogP) is 5.34. The topological polar surface area (TPSA) is 87.7 Å². The monoisotopic (exact) mass is 511 g/mol. The van der Waals surface area contributed by atoms with Gasteiger partial charge in [0, 0.05) is 18.2 Å². The molecule has 0 heterocycles. The van der Waals surface area contributed by atoms with E-state index in [1.165, 1.54) is 6.42 Å². The summed E-state index contributed by atoms with van der Waals surface area (Å²) in [6.45, 7) is 11.5. The Balaban J connectivity index is 2.50. The van der Waals surface area contributed by atoms with Crippen molar-refractivity contribution in [2.75, 3.05) is 6.54 Å². The van der Waals surface area contributed by atoms with E-state index in [4.69, 9.17) is 11.2 Å². The van der Waals surface area contributed by atoms with E-state index in [0.29, 0.717) is 30.5 Å². The van der Waals surface area contributed by atoms with Crippen LogP contribution in [0.15, 0.2) is 24.3 Å². The zero-order valence-electron chi connectivity index (χ0n) is 23.4. The largest absolute Gasteiger partial charge is 0.444 e. The van der Waals surface area contributed by atoms with Gasteiger partial charge in [0.05, 0.1) is 0 Å². The number of nitrogens with zero attached hydrogens (tertiary/aromatic N) is 1. The Kier molecular flexibility index (Phi) is 11.5. The quantitative estimate of drug-likeness (QED) is 0.415. The minimum absolute atomic E-state index is 0.0746. The van der Waals surface area contributed by atoms with E-state index in [-0.39, 0.29) is 23.8 Å². The molecule has 204 valence electrons. The number of benzene rings is 1. The molecule has 37 heavy (non-hydrogen) atoms. The highest BCUT2D eigenvalue weighted by Crippen LogP contribution is 2.28. The van der Waals surface area contributed by atoms with Crippen LogP contribution in [0.3, 0.4) is 0 Å². The molecule has 2 N–H and O–H groups in total. The van der Waals surface area contributed by atoms with Crippen LogP contribution in [0.2, 0.25) is 0 Å². The molecule has 1 aliphatic carbocycles. The summed E-state index contributed by atoms with van der Waals surface area (Å²) in [5.74, 6) is 1.95. The van der Waals surface area contributed by atoms with Crippen molar-refractivity contribution < 1.29 is 19.1 Å². The van der Waals surface area contributed by atoms with Crippen LogP contribution in [0, 0.1) is 18.3 Å². The number of hydrogen-bond donors (Lipinski definition) is 2. The molecule has 0 saturated heterocycles. The van der Waals surface area contributed by atoms with Gasteiger partial charge in [-0.05, 0) is 57.6 Å². The predicted molar refractivity (Wildman–Crippen MR) is 147 cm³/mol. The molecule has 7 heteroatoms. The smallest absolute Gasteiger partial charge is 0.408 e. The lowest BCUT2D eigenvalue weighted by Crippen LogP contribution is -2.56. The fourth-order valence-corrected chi connectivity index (χ4v) is 4.75. The highest BCUT2D eigenvalue weighted by Gasteiger charge is 2.39. The lowest BCUT2D eigenvalue weighted by molar-refractivity contribution is -0.143. The lowest BCUT2D eigenvalue weighted by atomic mass is 9.92. The van der Waals surface area contributed by atoms with E-state index < -0.39 is 23.8 Å². The van der Waals surface area contributed by atoms with E-state index in [0.717, 1.165) is 25.7 Å². The molecule has 1 aliphatic rings. The summed E-state index contributed by atoms with van der Waals surface area (Å²) in [4.78, 5) is 42.3. The van der Waals surface area contributed by atoms with Gasteiger partial charge in [-0.3, -0.25) is 9.59 Å². The lowest BCUT2D eigenvalue weighted by Gasteiger charge is -2.37. The molecular formula is C30H45N3O4. The number of ether oxygens (including phenoxy) is 1. The Morgan fingerprint density at radius 1 is 1.14 bits per heavy atom. The molecule has 3 atom stereocenters. The van der Waals surface area contributed by atoms with Gasteiger partial charge < -0.3 is 20.3 Å². The van der Waals surface area contributed by atoms with Crippen LogP contribution < -0.4 is 10.6 Å². The summed E-state index contributed by atoms with van der Waals surface area (Å²) in [6.07, 6.45) is 11.6. The van der Waals surface area contributed by atoms with Gasteiger partial charge in [0.1, 0.15) is 17.7 Å². The van der Waals surface area contributed by atoms with Gasteiger partial charge in [-0.1, -0.05) is 70.6 Å². The van der Waals surface area contributed by atoms with Crippen molar-refractivity contribution in [1.82, 2.24) is 15.5 Å². The maximum absolute atomic E-state index is 14.2. The first-order valence-electron chi connectivity index (χ1n) is 13.7. The second-order valence-corrected chi connectivity index (χ2v) is 11.0. The molecule has 0 aromatic heterocycles. The minimum Gasteiger partial charge on any atom is -0.444 e. The van der Waals surface area contributed by atoms with E-state index >= 15 is 0 Å². The molecule has 2 rings (SSSR count). The van der Waals surface area contributed by atoms with E-state index in [1.807, 2.05) is 39.0 Å². The summed E-state index contributed by atoms with van der Waals surface area (Å²) in [7, 11) is 0. The zero-order valence-corrected chi connectivity index (χ0v) is 23.4. The highest BCUT2D eigenvalue weighted by atomic mass is 16.6. The molecule has 3 unspecified atom stereocenters. The Bertz CT molecular complexity index is 956. The van der Waals surface area contributed by atoms with Gasteiger partial charge in [-0.15, -0.1) is 6.42 Å². The number of nitrogens with one attached hydrogen (secondary N) is 2. The Hall–Kier alpha value is -3.01. The Morgan fingerprint density at radius 3 is 2.35 bits per heavy atom. The summed E-state index contributed by atoms with van der Waals surface area (Å²) in [5.41, 5.74) is 0.477. The van der Waals surface area contributed by atoms with Crippen molar-refractivity contribution >= 4 is 17.9 Å². The SMILES string of the molecule is C#Cc1ccccc1C(C(=O)NC1CCCCC1)N(CCC)C(=O)C(NC(=O)OC(C)(C)C)C(C)CC. The Labute approximate surface area is 223 Å². The molecule has 3 amide bonds. The van der Waals surface area contributed by atoms with Crippen LogP contribution in [-0.2, 0) is 14.3 Å². The number of carbonyl (C=O) groups excluding carboxylic acids is 3. The molecule has 1 aromatic carbocycles. The van der Waals surface area contributed by atoms with Crippen LogP contribution in [0.5, 0.6) is 0 Å². The van der Waals surface area contributed by atoms with Gasteiger partial charge in [-0.25, -0.2) is 4.79 Å². The van der Waals surface area contributed by atoms with E-state index in [2.05, 4.69) is 16.6 Å². The number of amides is 3. The third kappa shape index (κ3) is 8.80. The average Bonchev–Trinajstić information content (AvgIpc) is 2.86. The van der Waals surface area contributed by atoms with Crippen LogP contribution in [0.4, 0.5) is 4.79 Å². The highest BCUT2D eigenvalue weighted by molar-refractivity contribution is 5.92. The first kappa shape index (κ1) is 30.2. The summed E-state index contributed by atoms with van der Waals surface area (Å²) in [6, 6.07) is 5.57. The molecule has 1 fully saturated rings. The maximum atomic E-state index is 14.2. The third-order valence-electron chi connectivity index (χ3n) is 6.82. The summed E-state index contributed by atoms with van der Waals surface area (Å²) >= 11 is 0. The fourth-order valence-electron chi connectivity index (χ4n) is 4.75. The molecule has 0 bridgehead atoms. The van der Waals surface area contributed by atoms with Crippen molar-refractivity contribution in [2.24, 2.45) is 5.92 Å². The van der Waals surface area contributed by atoms with Crippen LogP contribution in [-0.4, -0.2) is 47.0 Å². The minimum atomic E-state index is -0.909. The second kappa shape index (κ2) is 14.1. The number of terminal acetylenes is 1. The number of hydrogen-bond acceptors (Lipinski definition) is 4. The second-order valence-electron chi connectivity index (χ2n) is 11.0. The van der Waals surface area contributed by atoms with E-state index in [1.54, 1.807) is 31.7 Å². The molecule has 0 radical (unpaired) electrons. The van der Waals surface area contributed by atoms with Gasteiger partial charge in [0.15, 0.2) is 0 Å². The van der Waals surface area contributed by atoms with Crippen LogP contribution >= 0.6 is 0 Å². The number of alkyl carbamates (subject to hydrolysis) is 1. The summed E-state index contributed by atoms with van der Waals surface area (Å²) in [5, 5.41) is 6.00. The van der Waals surface area contributed by atoms with Crippen molar-refractivity contribution in [2.45, 2.75) is 110 Å². The summed E-state index contributed by atoms with van der Waals surface area (Å²) < 4.78 is 5.46. The van der Waals surface area contributed by atoms with Crippen molar-refractivity contribution in [1.29, 1.82) is 0 Å². The van der Waals surface area contributed by atoms with Crippen molar-refractivity contribution in [3.05, 3.63) is 35.4 Å². The van der Waals surface area contributed by atoms with Gasteiger partial charge >= 0.3 is 6.09 Å². The normalized spacial score (nSPS) is 16.6. The average molecular weight is 512 g/mol. The van der Waals surface area contributed by atoms with Crippen LogP contribution in [0.25, 0.3) is 0 Å². The number of carbonyl (C=O) groups is 3. The van der Waals surface area contributed by atoms with Crippen LogP contribution in [0.1, 0.15) is 104 Å². The molecule has 0 spiro atoms. The molecule has 7 nitrogen and oxygen atoms in total. The molecule has 1 saturated carbocycles. The van der Waals surface area contributed by atoms with Gasteiger partial charge in [0.2, 0.25) is 11.8 Å². The first-order chi connectivity index (χ1) is 17.5. The van der Waals surface area contributed by atoms with E-state index in [9.17, 15) is 14.4 Å². The van der Waals surface area contributed by atoms with Crippen molar-refractivity contribution in [3.8, 4) is 12.3 Å². The number of rotatable bonds is 10. The standard InChI is InChI=1S/C30H45N3O4/c1-8-20-33(28(35)25(21(4)9-2)32-29(36)37-30(5,6)7)26(24-19-15-14-16-22(24)10-3)27(34)31-23-17-12-11-13-18-23/h3,14-16,19,21,23,25-26H,8-9,11-13,17-18,20H2,1-2,4-7H3,(H,31,34)(H,32,36). The van der Waals surface area contributed by atoms with Gasteiger partial charge in [-0.2, -0.15) is 0 Å². The first-order valence-corrected chi connectivity index (χ1v) is 13.7. The maximum Gasteiger partial charge on any atom is 0.408 e. The third-order valence-corrected chi connectivity index (χ3v) is 6.82. The Morgan fingerprint density at radius 2 is 1.78 bits per heavy atom. The zero-order chi connectivity index (χ0) is 27.6. The van der Waals surface area contributed by atoms with Crippen molar-refractivity contribution in [3.63, 3.8) is 0 Å². The molecular weight excluding hydrogens is 466 g/mol.